The number of cyclic esters (lactones) is 1. The highest BCUT2D eigenvalue weighted by molar-refractivity contribution is 5.92. The van der Waals surface area contributed by atoms with E-state index in [1.165, 1.54) is 0 Å². The van der Waals surface area contributed by atoms with Crippen LogP contribution < -0.4 is 4.74 Å². The van der Waals surface area contributed by atoms with Crippen LogP contribution in [0.25, 0.3) is 0 Å². The number of hydrogen-bond donors (Lipinski definition) is 0. The summed E-state index contributed by atoms with van der Waals surface area (Å²) in [5.74, 6) is 0.719. The first kappa shape index (κ1) is 20.0. The van der Waals surface area contributed by atoms with Gasteiger partial charge >= 0.3 is 6.09 Å². The Morgan fingerprint density at radius 2 is 1.90 bits per heavy atom. The van der Waals surface area contributed by atoms with E-state index in [1.807, 2.05) is 59.5 Å². The second-order valence-electron chi connectivity index (χ2n) is 7.72. The molecule has 0 radical (unpaired) electrons. The van der Waals surface area contributed by atoms with Gasteiger partial charge in [0.25, 0.3) is 0 Å². The minimum Gasteiger partial charge on any atom is -0.497 e. The van der Waals surface area contributed by atoms with Crippen LogP contribution >= 0.6 is 0 Å². The maximum Gasteiger partial charge on any atom is 0.411 e. The standard InChI is InChI=1S/C24H26N2O4/c1-3-13-24(26-21(17-30-23(26)28)19-7-5-4-6-8-19)14-15-25(22(24)27)16-18-9-11-20(29-2)12-10-18/h3-12,21H,1,13-17H2,2H3/t21-,24+/m1/s1. The van der Waals surface area contributed by atoms with Crippen molar-refractivity contribution in [3.63, 3.8) is 0 Å². The molecule has 6 heteroatoms. The van der Waals surface area contributed by atoms with E-state index in [0.29, 0.717) is 25.9 Å². The molecular formula is C24H26N2O4. The Balaban J connectivity index is 1.62. The summed E-state index contributed by atoms with van der Waals surface area (Å²) < 4.78 is 10.6. The van der Waals surface area contributed by atoms with Crippen LogP contribution in [0, 0.1) is 0 Å². The fourth-order valence-electron chi connectivity index (χ4n) is 4.49. The van der Waals surface area contributed by atoms with Crippen LogP contribution in [0.3, 0.4) is 0 Å². The highest BCUT2D eigenvalue weighted by atomic mass is 16.6. The van der Waals surface area contributed by atoms with Crippen molar-refractivity contribution in [1.82, 2.24) is 9.80 Å². The Labute approximate surface area is 176 Å². The van der Waals surface area contributed by atoms with Crippen LogP contribution in [0.2, 0.25) is 0 Å². The lowest BCUT2D eigenvalue weighted by molar-refractivity contribution is -0.137. The molecule has 2 aliphatic heterocycles. The molecule has 156 valence electrons. The number of carbonyl (C=O) groups is 2. The van der Waals surface area contributed by atoms with E-state index in [2.05, 4.69) is 6.58 Å². The van der Waals surface area contributed by atoms with E-state index < -0.39 is 11.6 Å². The van der Waals surface area contributed by atoms with Gasteiger partial charge in [-0.2, -0.15) is 0 Å². The molecule has 6 nitrogen and oxygen atoms in total. The molecule has 0 unspecified atom stereocenters. The van der Waals surface area contributed by atoms with Gasteiger partial charge in [-0.1, -0.05) is 48.5 Å². The number of hydrogen-bond acceptors (Lipinski definition) is 4. The molecule has 2 heterocycles. The Hall–Kier alpha value is -3.28. The van der Waals surface area contributed by atoms with Crippen molar-refractivity contribution < 1.29 is 19.1 Å². The summed E-state index contributed by atoms with van der Waals surface area (Å²) in [5, 5.41) is 0. The number of carbonyl (C=O) groups excluding carboxylic acids is 2. The average molecular weight is 406 g/mol. The zero-order chi connectivity index (χ0) is 21.1. The van der Waals surface area contributed by atoms with E-state index in [1.54, 1.807) is 18.1 Å². The molecule has 0 aromatic heterocycles. The van der Waals surface area contributed by atoms with Crippen molar-refractivity contribution in [2.45, 2.75) is 31.0 Å². The fraction of sp³-hybridized carbons (Fsp3) is 0.333. The van der Waals surface area contributed by atoms with Crippen molar-refractivity contribution in [2.24, 2.45) is 0 Å². The molecule has 0 N–H and O–H groups in total. The minimum atomic E-state index is -0.970. The molecule has 0 saturated carbocycles. The van der Waals surface area contributed by atoms with Crippen LogP contribution in [0.5, 0.6) is 5.75 Å². The molecule has 2 amide bonds. The summed E-state index contributed by atoms with van der Waals surface area (Å²) >= 11 is 0. The van der Waals surface area contributed by atoms with E-state index in [9.17, 15) is 9.59 Å². The zero-order valence-electron chi connectivity index (χ0n) is 17.1. The van der Waals surface area contributed by atoms with Crippen LogP contribution in [-0.4, -0.2) is 47.6 Å². The molecular weight excluding hydrogens is 380 g/mol. The summed E-state index contributed by atoms with van der Waals surface area (Å²) in [6, 6.07) is 17.1. The van der Waals surface area contributed by atoms with E-state index in [4.69, 9.17) is 9.47 Å². The third-order valence-corrected chi connectivity index (χ3v) is 6.01. The molecule has 2 saturated heterocycles. The van der Waals surface area contributed by atoms with Crippen molar-refractivity contribution in [1.29, 1.82) is 0 Å². The van der Waals surface area contributed by atoms with E-state index in [0.717, 1.165) is 16.9 Å². The lowest BCUT2D eigenvalue weighted by Crippen LogP contribution is -2.55. The summed E-state index contributed by atoms with van der Waals surface area (Å²) in [6.07, 6.45) is 2.23. The molecule has 4 rings (SSSR count). The van der Waals surface area contributed by atoms with Gasteiger partial charge in [0.2, 0.25) is 5.91 Å². The second-order valence-corrected chi connectivity index (χ2v) is 7.72. The van der Waals surface area contributed by atoms with Gasteiger partial charge in [0.15, 0.2) is 0 Å². The van der Waals surface area contributed by atoms with Crippen LogP contribution in [0.1, 0.15) is 30.0 Å². The molecule has 2 aromatic carbocycles. The number of nitrogens with zero attached hydrogens (tertiary/aromatic N) is 2. The Morgan fingerprint density at radius 3 is 2.57 bits per heavy atom. The van der Waals surface area contributed by atoms with Gasteiger partial charge in [0.05, 0.1) is 13.2 Å². The van der Waals surface area contributed by atoms with Crippen molar-refractivity contribution in [2.75, 3.05) is 20.3 Å². The molecule has 0 spiro atoms. The van der Waals surface area contributed by atoms with Gasteiger partial charge in [0.1, 0.15) is 17.9 Å². The molecule has 2 fully saturated rings. The van der Waals surface area contributed by atoms with Crippen molar-refractivity contribution in [3.8, 4) is 5.75 Å². The first-order chi connectivity index (χ1) is 14.6. The fourth-order valence-corrected chi connectivity index (χ4v) is 4.49. The number of amides is 2. The Morgan fingerprint density at radius 1 is 1.17 bits per heavy atom. The largest absolute Gasteiger partial charge is 0.497 e. The molecule has 30 heavy (non-hydrogen) atoms. The average Bonchev–Trinajstić information content (AvgIpc) is 3.31. The number of likely N-dealkylation sites (tertiary alicyclic amines) is 1. The topological polar surface area (TPSA) is 59.1 Å². The predicted octanol–water partition coefficient (Wildman–Crippen LogP) is 3.94. The summed E-state index contributed by atoms with van der Waals surface area (Å²) in [4.78, 5) is 29.9. The number of methoxy groups -OCH3 is 1. The third-order valence-electron chi connectivity index (χ3n) is 6.01. The number of benzene rings is 2. The zero-order valence-corrected chi connectivity index (χ0v) is 17.1. The maximum atomic E-state index is 13.7. The summed E-state index contributed by atoms with van der Waals surface area (Å²) in [7, 11) is 1.63. The van der Waals surface area contributed by atoms with Gasteiger partial charge in [-0.15, -0.1) is 6.58 Å². The highest BCUT2D eigenvalue weighted by Crippen LogP contribution is 2.42. The quantitative estimate of drug-likeness (QED) is 0.654. The van der Waals surface area contributed by atoms with Crippen molar-refractivity contribution in [3.05, 3.63) is 78.4 Å². The van der Waals surface area contributed by atoms with Crippen molar-refractivity contribution >= 4 is 12.0 Å². The van der Waals surface area contributed by atoms with Gasteiger partial charge < -0.3 is 14.4 Å². The SMILES string of the molecule is C=CC[C@]1(N2C(=O)OC[C@@H]2c2ccccc2)CCN(Cc2ccc(OC)cc2)C1=O. The number of rotatable bonds is 7. The Kier molecular flexibility index (Phi) is 5.48. The molecule has 2 aliphatic rings. The van der Waals surface area contributed by atoms with E-state index >= 15 is 0 Å². The summed E-state index contributed by atoms with van der Waals surface area (Å²) in [5.41, 5.74) is 1.01. The van der Waals surface area contributed by atoms with Crippen LogP contribution in [-0.2, 0) is 16.1 Å². The first-order valence-corrected chi connectivity index (χ1v) is 10.1. The van der Waals surface area contributed by atoms with Gasteiger partial charge in [0, 0.05) is 13.1 Å². The van der Waals surface area contributed by atoms with E-state index in [-0.39, 0.29) is 18.6 Å². The second kappa shape index (κ2) is 8.22. The highest BCUT2D eigenvalue weighted by Gasteiger charge is 2.56. The normalized spacial score (nSPS) is 23.6. The molecule has 0 aliphatic carbocycles. The number of ether oxygens (including phenoxy) is 2. The lowest BCUT2D eigenvalue weighted by atomic mass is 9.88. The maximum absolute atomic E-state index is 13.7. The monoisotopic (exact) mass is 406 g/mol. The first-order valence-electron chi connectivity index (χ1n) is 10.1. The van der Waals surface area contributed by atoms with Crippen LogP contribution in [0.15, 0.2) is 67.3 Å². The molecule has 0 bridgehead atoms. The van der Waals surface area contributed by atoms with Gasteiger partial charge in [-0.3, -0.25) is 9.69 Å². The summed E-state index contributed by atoms with van der Waals surface area (Å²) in [6.45, 7) is 5.17. The van der Waals surface area contributed by atoms with Crippen LogP contribution in [0.4, 0.5) is 4.79 Å². The predicted molar refractivity (Wildman–Crippen MR) is 113 cm³/mol. The third kappa shape index (κ3) is 3.43. The Bertz CT molecular complexity index is 928. The smallest absolute Gasteiger partial charge is 0.411 e. The molecule has 2 atom stereocenters. The van der Waals surface area contributed by atoms with Gasteiger partial charge in [-0.25, -0.2) is 4.79 Å². The molecule has 2 aromatic rings. The van der Waals surface area contributed by atoms with Gasteiger partial charge in [-0.05, 0) is 36.1 Å². The lowest BCUT2D eigenvalue weighted by Gasteiger charge is -2.38. The minimum absolute atomic E-state index is 0.0574.